The lowest BCUT2D eigenvalue weighted by Crippen LogP contribution is -2.00. The van der Waals surface area contributed by atoms with E-state index in [4.69, 9.17) is 0 Å². The minimum Gasteiger partial charge on any atom is -0.156 e. The molecule has 0 fully saturated rings. The van der Waals surface area contributed by atoms with Gasteiger partial charge in [0.1, 0.15) is 0 Å². The van der Waals surface area contributed by atoms with E-state index >= 15 is 0 Å². The summed E-state index contributed by atoms with van der Waals surface area (Å²) >= 11 is 2.08. The molecule has 0 rings (SSSR count). The number of hydrogen-bond donors (Lipinski definition) is 0. The van der Waals surface area contributed by atoms with Gasteiger partial charge in [0.05, 0.1) is 0 Å². The van der Waals surface area contributed by atoms with Crippen LogP contribution in [0.3, 0.4) is 0 Å². The van der Waals surface area contributed by atoms with Gasteiger partial charge in [-0.15, -0.1) is 0 Å². The second kappa shape index (κ2) is 5.16. The molecule has 9 heavy (non-hydrogen) atoms. The van der Waals surface area contributed by atoms with Gasteiger partial charge in [0, 0.05) is 5.25 Å². The molecule has 0 aliphatic rings. The first-order valence-corrected chi connectivity index (χ1v) is 4.76. The van der Waals surface area contributed by atoms with Crippen molar-refractivity contribution in [2.45, 2.75) is 51.0 Å². The zero-order valence-corrected chi connectivity index (χ0v) is 7.79. The maximum atomic E-state index is 2.31. The van der Waals surface area contributed by atoms with E-state index in [1.807, 2.05) is 0 Å². The molecule has 0 nitrogen and oxygen atoms in total. The van der Waals surface area contributed by atoms with Gasteiger partial charge in [0.15, 0.2) is 0 Å². The second-order valence-electron chi connectivity index (χ2n) is 2.78. The van der Waals surface area contributed by atoms with E-state index in [1.54, 1.807) is 0 Å². The molecular formula is C8H18S. The Bertz CT molecular complexity index is 59.6. The molecule has 0 aromatic carbocycles. The van der Waals surface area contributed by atoms with Gasteiger partial charge >= 0.3 is 0 Å². The Morgan fingerprint density at radius 3 is 2.11 bits per heavy atom. The van der Waals surface area contributed by atoms with Crippen LogP contribution in [-0.4, -0.2) is 10.5 Å². The summed E-state index contributed by atoms with van der Waals surface area (Å²) in [5.41, 5.74) is 0. The van der Waals surface area contributed by atoms with Gasteiger partial charge in [-0.25, -0.2) is 0 Å². The Kier molecular flexibility index (Phi) is 5.36. The van der Waals surface area contributed by atoms with Crippen LogP contribution in [0.15, 0.2) is 0 Å². The summed E-state index contributed by atoms with van der Waals surface area (Å²) in [4.78, 5) is 0. The van der Waals surface area contributed by atoms with Crippen LogP contribution in [0.2, 0.25) is 0 Å². The Morgan fingerprint density at radius 1 is 1.22 bits per heavy atom. The molecular weight excluding hydrogens is 128 g/mol. The van der Waals surface area contributed by atoms with E-state index in [9.17, 15) is 0 Å². The molecule has 1 atom stereocenters. The predicted octanol–water partition coefficient (Wildman–Crippen LogP) is 3.32. The van der Waals surface area contributed by atoms with E-state index in [0.29, 0.717) is 0 Å². The first-order valence-electron chi connectivity index (χ1n) is 3.82. The monoisotopic (exact) mass is 146 g/mol. The van der Waals surface area contributed by atoms with Crippen LogP contribution < -0.4 is 0 Å². The fraction of sp³-hybridized carbons (Fsp3) is 1.00. The van der Waals surface area contributed by atoms with Crippen molar-refractivity contribution in [2.75, 3.05) is 0 Å². The summed E-state index contributed by atoms with van der Waals surface area (Å²) in [5.74, 6) is 0. The van der Waals surface area contributed by atoms with E-state index < -0.39 is 0 Å². The third-order valence-corrected chi connectivity index (χ3v) is 2.44. The van der Waals surface area contributed by atoms with Crippen molar-refractivity contribution in [3.63, 3.8) is 0 Å². The van der Waals surface area contributed by atoms with Crippen LogP contribution in [0.25, 0.3) is 0 Å². The average Bonchev–Trinajstić information content (AvgIpc) is 1.63. The summed E-state index contributed by atoms with van der Waals surface area (Å²) in [7, 11) is 0. The molecule has 0 aliphatic heterocycles. The first-order chi connectivity index (χ1) is 4.16. The molecule has 0 N–H and O–H groups in total. The van der Waals surface area contributed by atoms with Crippen molar-refractivity contribution < 1.29 is 0 Å². The molecule has 0 saturated carbocycles. The molecule has 0 spiro atoms. The first kappa shape index (κ1) is 9.35. The zero-order chi connectivity index (χ0) is 7.28. The highest BCUT2D eigenvalue weighted by molar-refractivity contribution is 8.00. The van der Waals surface area contributed by atoms with Crippen molar-refractivity contribution in [3.05, 3.63) is 0 Å². The Hall–Kier alpha value is 0.350. The van der Waals surface area contributed by atoms with Gasteiger partial charge in [0.25, 0.3) is 0 Å². The van der Waals surface area contributed by atoms with Crippen molar-refractivity contribution in [1.82, 2.24) is 0 Å². The van der Waals surface area contributed by atoms with Gasteiger partial charge in [-0.05, 0) is 11.7 Å². The lowest BCUT2D eigenvalue weighted by atomic mass is 10.3. The SMILES string of the molecule is CCC[C@H](C)SC(C)C. The molecule has 0 heterocycles. The minimum absolute atomic E-state index is 0.798. The molecule has 0 bridgehead atoms. The van der Waals surface area contributed by atoms with Gasteiger partial charge in [-0.1, -0.05) is 34.1 Å². The Balaban J connectivity index is 3.15. The highest BCUT2D eigenvalue weighted by Gasteiger charge is 2.02. The summed E-state index contributed by atoms with van der Waals surface area (Å²) in [6.45, 7) is 9.08. The van der Waals surface area contributed by atoms with E-state index in [2.05, 4.69) is 39.5 Å². The van der Waals surface area contributed by atoms with Crippen LogP contribution in [0, 0.1) is 0 Å². The van der Waals surface area contributed by atoms with Crippen molar-refractivity contribution in [3.8, 4) is 0 Å². The smallest absolute Gasteiger partial charge is 0.00211 e. The summed E-state index contributed by atoms with van der Waals surface area (Å²) < 4.78 is 0. The number of hydrogen-bond acceptors (Lipinski definition) is 1. The molecule has 0 radical (unpaired) electrons. The Labute approximate surface area is 63.4 Å². The molecule has 0 unspecified atom stereocenters. The number of rotatable bonds is 4. The largest absolute Gasteiger partial charge is 0.156 e. The molecule has 0 aromatic heterocycles. The molecule has 0 aromatic rings. The van der Waals surface area contributed by atoms with Gasteiger partial charge < -0.3 is 0 Å². The molecule has 0 aliphatic carbocycles. The van der Waals surface area contributed by atoms with Crippen molar-refractivity contribution >= 4 is 11.8 Å². The van der Waals surface area contributed by atoms with Crippen LogP contribution in [0.5, 0.6) is 0 Å². The molecule has 0 saturated heterocycles. The number of thioether (sulfide) groups is 1. The normalized spacial score (nSPS) is 14.3. The predicted molar refractivity (Wildman–Crippen MR) is 47.1 cm³/mol. The molecule has 0 amide bonds. The topological polar surface area (TPSA) is 0 Å². The third kappa shape index (κ3) is 6.23. The summed E-state index contributed by atoms with van der Waals surface area (Å²) in [6.07, 6.45) is 2.68. The van der Waals surface area contributed by atoms with E-state index in [0.717, 1.165) is 10.5 Å². The van der Waals surface area contributed by atoms with E-state index in [1.165, 1.54) is 12.8 Å². The van der Waals surface area contributed by atoms with Gasteiger partial charge in [0.2, 0.25) is 0 Å². The van der Waals surface area contributed by atoms with Crippen molar-refractivity contribution in [2.24, 2.45) is 0 Å². The fourth-order valence-electron chi connectivity index (χ4n) is 0.939. The second-order valence-corrected chi connectivity index (χ2v) is 4.80. The van der Waals surface area contributed by atoms with Gasteiger partial charge in [-0.3, -0.25) is 0 Å². The highest BCUT2D eigenvalue weighted by atomic mass is 32.2. The lowest BCUT2D eigenvalue weighted by molar-refractivity contribution is 0.783. The average molecular weight is 146 g/mol. The van der Waals surface area contributed by atoms with Gasteiger partial charge in [-0.2, -0.15) is 11.8 Å². The Morgan fingerprint density at radius 2 is 1.78 bits per heavy atom. The standard InChI is InChI=1S/C8H18S/c1-5-6-8(4)9-7(2)3/h7-8H,5-6H2,1-4H3/t8-/m0/s1. The fourth-order valence-corrected chi connectivity index (χ4v) is 2.24. The molecule has 1 heteroatoms. The zero-order valence-electron chi connectivity index (χ0n) is 6.98. The summed E-state index contributed by atoms with van der Waals surface area (Å²) in [6, 6.07) is 0. The molecule has 56 valence electrons. The van der Waals surface area contributed by atoms with E-state index in [-0.39, 0.29) is 0 Å². The van der Waals surface area contributed by atoms with Crippen LogP contribution >= 0.6 is 11.8 Å². The summed E-state index contributed by atoms with van der Waals surface area (Å²) in [5, 5.41) is 1.65. The van der Waals surface area contributed by atoms with Crippen LogP contribution in [0.4, 0.5) is 0 Å². The van der Waals surface area contributed by atoms with Crippen molar-refractivity contribution in [1.29, 1.82) is 0 Å². The lowest BCUT2D eigenvalue weighted by Gasteiger charge is -2.11. The maximum Gasteiger partial charge on any atom is 0.00211 e. The van der Waals surface area contributed by atoms with Crippen LogP contribution in [-0.2, 0) is 0 Å². The quantitative estimate of drug-likeness (QED) is 0.586. The maximum absolute atomic E-state index is 2.31. The highest BCUT2D eigenvalue weighted by Crippen LogP contribution is 2.19. The minimum atomic E-state index is 0.798. The third-order valence-electron chi connectivity index (χ3n) is 1.20. The van der Waals surface area contributed by atoms with Crippen LogP contribution in [0.1, 0.15) is 40.5 Å².